The van der Waals surface area contributed by atoms with Gasteiger partial charge in [0.05, 0.1) is 12.6 Å². The Morgan fingerprint density at radius 1 is 1.10 bits per heavy atom. The molecule has 0 fully saturated rings. The molecule has 2 aromatic heterocycles. The zero-order chi connectivity index (χ0) is 20.5. The molecule has 0 aliphatic heterocycles. The molecule has 1 atom stereocenters. The van der Waals surface area contributed by atoms with E-state index >= 15 is 0 Å². The van der Waals surface area contributed by atoms with Crippen LogP contribution in [0, 0.1) is 6.92 Å². The number of pyridine rings is 1. The third-order valence-corrected chi connectivity index (χ3v) is 6.05. The van der Waals surface area contributed by atoms with Crippen LogP contribution in [0.2, 0.25) is 0 Å². The smallest absolute Gasteiger partial charge is 0.240 e. The zero-order valence-electron chi connectivity index (χ0n) is 16.8. The van der Waals surface area contributed by atoms with E-state index in [4.69, 9.17) is 4.74 Å². The quantitative estimate of drug-likeness (QED) is 0.467. The Kier molecular flexibility index (Phi) is 5.15. The highest BCUT2D eigenvalue weighted by molar-refractivity contribution is 8.00. The summed E-state index contributed by atoms with van der Waals surface area (Å²) in [6.07, 6.45) is 0. The standard InChI is InChI=1S/C22H22N4O2S/c1-14-12-19-23-24-22(26(19)18-13-16(28-4)10-11-17(14)18)29-20(21(27)25(2)3)15-8-6-5-7-9-15/h5-13,20H,1-4H3. The zero-order valence-corrected chi connectivity index (χ0v) is 17.6. The number of thioether (sulfide) groups is 1. The first-order chi connectivity index (χ1) is 14.0. The van der Waals surface area contributed by atoms with Crippen molar-refractivity contribution >= 4 is 34.2 Å². The molecule has 4 rings (SSSR count). The summed E-state index contributed by atoms with van der Waals surface area (Å²) in [6.45, 7) is 2.05. The van der Waals surface area contributed by atoms with Crippen molar-refractivity contribution in [2.24, 2.45) is 0 Å². The minimum Gasteiger partial charge on any atom is -0.497 e. The molecule has 4 aromatic rings. The predicted octanol–water partition coefficient (Wildman–Crippen LogP) is 4.12. The van der Waals surface area contributed by atoms with E-state index in [0.29, 0.717) is 5.16 Å². The number of likely N-dealkylation sites (N-methyl/N-ethyl adjacent to an activating group) is 1. The van der Waals surface area contributed by atoms with Gasteiger partial charge < -0.3 is 9.64 Å². The molecule has 0 aliphatic rings. The summed E-state index contributed by atoms with van der Waals surface area (Å²) < 4.78 is 7.42. The maximum absolute atomic E-state index is 13.0. The number of carbonyl (C=O) groups is 1. The van der Waals surface area contributed by atoms with Gasteiger partial charge in [0.25, 0.3) is 0 Å². The second kappa shape index (κ2) is 7.75. The molecule has 6 nitrogen and oxygen atoms in total. The molecule has 1 unspecified atom stereocenters. The molecule has 0 N–H and O–H groups in total. The maximum Gasteiger partial charge on any atom is 0.240 e. The fourth-order valence-electron chi connectivity index (χ4n) is 3.33. The van der Waals surface area contributed by atoms with Crippen LogP contribution in [-0.4, -0.2) is 46.6 Å². The van der Waals surface area contributed by atoms with Gasteiger partial charge in [-0.3, -0.25) is 9.20 Å². The average Bonchev–Trinajstić information content (AvgIpc) is 3.14. The van der Waals surface area contributed by atoms with E-state index < -0.39 is 5.25 Å². The molecule has 29 heavy (non-hydrogen) atoms. The van der Waals surface area contributed by atoms with E-state index in [-0.39, 0.29) is 5.91 Å². The molecule has 2 aromatic carbocycles. The van der Waals surface area contributed by atoms with E-state index in [1.165, 1.54) is 11.8 Å². The van der Waals surface area contributed by atoms with Crippen LogP contribution >= 0.6 is 11.8 Å². The Morgan fingerprint density at radius 3 is 2.55 bits per heavy atom. The molecule has 148 valence electrons. The number of rotatable bonds is 5. The number of fused-ring (bicyclic) bond motifs is 3. The van der Waals surface area contributed by atoms with Crippen LogP contribution < -0.4 is 4.74 Å². The first kappa shape index (κ1) is 19.3. The van der Waals surface area contributed by atoms with Gasteiger partial charge >= 0.3 is 0 Å². The van der Waals surface area contributed by atoms with Gasteiger partial charge in [0.2, 0.25) is 5.91 Å². The summed E-state index contributed by atoms with van der Waals surface area (Å²) in [6, 6.07) is 17.7. The maximum atomic E-state index is 13.0. The first-order valence-corrected chi connectivity index (χ1v) is 10.1. The highest BCUT2D eigenvalue weighted by Crippen LogP contribution is 2.37. The van der Waals surface area contributed by atoms with Crippen LogP contribution in [0.4, 0.5) is 0 Å². The molecule has 0 spiro atoms. The number of amides is 1. The minimum absolute atomic E-state index is 0.00643. The highest BCUT2D eigenvalue weighted by atomic mass is 32.2. The van der Waals surface area contributed by atoms with Crippen LogP contribution in [0.15, 0.2) is 59.8 Å². The summed E-state index contributed by atoms with van der Waals surface area (Å²) in [5.74, 6) is 0.768. The number of hydrogen-bond acceptors (Lipinski definition) is 5. The SMILES string of the molecule is COc1ccc2c(C)cc3nnc(SC(C(=O)N(C)C)c4ccccc4)n3c2c1. The number of ether oxygens (including phenoxy) is 1. The largest absolute Gasteiger partial charge is 0.497 e. The molecule has 0 radical (unpaired) electrons. The Bertz CT molecular complexity index is 1190. The molecule has 0 saturated heterocycles. The van der Waals surface area contributed by atoms with Gasteiger partial charge in [-0.1, -0.05) is 42.1 Å². The summed E-state index contributed by atoms with van der Waals surface area (Å²) in [5, 5.41) is 10.1. The highest BCUT2D eigenvalue weighted by Gasteiger charge is 2.26. The molecule has 1 amide bonds. The van der Waals surface area contributed by atoms with E-state index in [2.05, 4.69) is 17.1 Å². The van der Waals surface area contributed by atoms with E-state index in [1.54, 1.807) is 26.1 Å². The lowest BCUT2D eigenvalue weighted by molar-refractivity contribution is -0.128. The fourth-order valence-corrected chi connectivity index (χ4v) is 4.54. The minimum atomic E-state index is -0.416. The first-order valence-electron chi connectivity index (χ1n) is 9.25. The summed E-state index contributed by atoms with van der Waals surface area (Å²) in [5.41, 5.74) is 3.75. The van der Waals surface area contributed by atoms with Crippen molar-refractivity contribution in [3.63, 3.8) is 0 Å². The lowest BCUT2D eigenvalue weighted by atomic mass is 10.1. The molecular weight excluding hydrogens is 384 g/mol. The Morgan fingerprint density at radius 2 is 1.86 bits per heavy atom. The molecule has 0 saturated carbocycles. The summed E-state index contributed by atoms with van der Waals surface area (Å²) in [4.78, 5) is 14.6. The number of aryl methyl sites for hydroxylation is 1. The Labute approximate surface area is 173 Å². The molecular formula is C22H22N4O2S. The number of aromatic nitrogens is 3. The Balaban J connectivity index is 1.88. The van der Waals surface area contributed by atoms with Crippen molar-refractivity contribution in [3.05, 3.63) is 65.7 Å². The molecule has 7 heteroatoms. The second-order valence-corrected chi connectivity index (χ2v) is 8.10. The van der Waals surface area contributed by atoms with Crippen molar-refractivity contribution in [3.8, 4) is 5.75 Å². The predicted molar refractivity (Wildman–Crippen MR) is 116 cm³/mol. The number of nitrogens with zero attached hydrogens (tertiary/aromatic N) is 4. The summed E-state index contributed by atoms with van der Waals surface area (Å²) >= 11 is 1.41. The van der Waals surface area contributed by atoms with Crippen LogP contribution in [0.25, 0.3) is 16.6 Å². The van der Waals surface area contributed by atoms with Crippen LogP contribution in [0.3, 0.4) is 0 Å². The van der Waals surface area contributed by atoms with Gasteiger partial charge in [0, 0.05) is 25.5 Å². The molecule has 0 aliphatic carbocycles. The lowest BCUT2D eigenvalue weighted by Gasteiger charge is -2.20. The average molecular weight is 407 g/mol. The second-order valence-electron chi connectivity index (χ2n) is 7.03. The normalized spacial score (nSPS) is 12.3. The van der Waals surface area contributed by atoms with Crippen molar-refractivity contribution < 1.29 is 9.53 Å². The lowest BCUT2D eigenvalue weighted by Crippen LogP contribution is -2.26. The number of carbonyl (C=O) groups excluding carboxylic acids is 1. The van der Waals surface area contributed by atoms with E-state index in [9.17, 15) is 4.79 Å². The number of hydrogen-bond donors (Lipinski definition) is 0. The van der Waals surface area contributed by atoms with Crippen molar-refractivity contribution in [2.75, 3.05) is 21.2 Å². The number of benzene rings is 2. The van der Waals surface area contributed by atoms with Gasteiger partial charge in [-0.15, -0.1) is 10.2 Å². The van der Waals surface area contributed by atoms with Gasteiger partial charge in [-0.05, 0) is 36.2 Å². The topological polar surface area (TPSA) is 59.7 Å². The monoisotopic (exact) mass is 406 g/mol. The summed E-state index contributed by atoms with van der Waals surface area (Å²) in [7, 11) is 5.19. The number of methoxy groups -OCH3 is 1. The van der Waals surface area contributed by atoms with Crippen molar-refractivity contribution in [2.45, 2.75) is 17.3 Å². The van der Waals surface area contributed by atoms with Crippen LogP contribution in [-0.2, 0) is 4.79 Å². The van der Waals surface area contributed by atoms with Gasteiger partial charge in [0.15, 0.2) is 10.8 Å². The molecule has 2 heterocycles. The third-order valence-electron chi connectivity index (χ3n) is 4.87. The van der Waals surface area contributed by atoms with Gasteiger partial charge in [0.1, 0.15) is 11.0 Å². The Hall–Kier alpha value is -3.06. The van der Waals surface area contributed by atoms with Crippen molar-refractivity contribution in [1.29, 1.82) is 0 Å². The van der Waals surface area contributed by atoms with Gasteiger partial charge in [-0.2, -0.15) is 0 Å². The van der Waals surface area contributed by atoms with Crippen LogP contribution in [0.5, 0.6) is 5.75 Å². The fraction of sp³-hybridized carbons (Fsp3) is 0.227. The van der Waals surface area contributed by atoms with E-state index in [1.807, 2.05) is 59.0 Å². The van der Waals surface area contributed by atoms with Crippen LogP contribution in [0.1, 0.15) is 16.4 Å². The van der Waals surface area contributed by atoms with Gasteiger partial charge in [-0.25, -0.2) is 0 Å². The van der Waals surface area contributed by atoms with E-state index in [0.717, 1.165) is 33.4 Å². The molecule has 0 bridgehead atoms. The third kappa shape index (κ3) is 3.53. The van der Waals surface area contributed by atoms with Crippen molar-refractivity contribution in [1.82, 2.24) is 19.5 Å².